The number of piperidine rings is 1. The lowest BCUT2D eigenvalue weighted by Crippen LogP contribution is -2.47. The molecule has 116 valence electrons. The number of hydrogen-bond donors (Lipinski definition) is 1. The topological polar surface area (TPSA) is 59.5 Å². The van der Waals surface area contributed by atoms with E-state index in [2.05, 4.69) is 13.8 Å². The van der Waals surface area contributed by atoms with Crippen LogP contribution in [0.15, 0.2) is 40.8 Å². The summed E-state index contributed by atoms with van der Waals surface area (Å²) in [5.74, 6) is 1.09. The van der Waals surface area contributed by atoms with E-state index in [0.717, 1.165) is 18.4 Å². The second-order valence-electron chi connectivity index (χ2n) is 6.13. The SMILES string of the molecule is C[C@@H]1CCC[C@H](C)N1C(=O)c1ccc(-c2ccc(N)cc2)o1. The second-order valence-corrected chi connectivity index (χ2v) is 6.13. The fraction of sp³-hybridized carbons (Fsp3) is 0.389. The predicted octanol–water partition coefficient (Wildman–Crippen LogP) is 3.93. The molecule has 3 rings (SSSR count). The highest BCUT2D eigenvalue weighted by atomic mass is 16.4. The summed E-state index contributed by atoms with van der Waals surface area (Å²) in [6, 6.07) is 11.6. The lowest BCUT2D eigenvalue weighted by molar-refractivity contribution is 0.0479. The van der Waals surface area contributed by atoms with E-state index in [9.17, 15) is 4.79 Å². The van der Waals surface area contributed by atoms with Crippen molar-refractivity contribution in [1.82, 2.24) is 4.90 Å². The number of likely N-dealkylation sites (tertiary alicyclic amines) is 1. The molecule has 2 heterocycles. The van der Waals surface area contributed by atoms with E-state index in [1.807, 2.05) is 35.2 Å². The quantitative estimate of drug-likeness (QED) is 0.854. The van der Waals surface area contributed by atoms with Crippen molar-refractivity contribution in [3.63, 3.8) is 0 Å². The van der Waals surface area contributed by atoms with Crippen LogP contribution in [0.5, 0.6) is 0 Å². The zero-order valence-corrected chi connectivity index (χ0v) is 13.1. The Morgan fingerprint density at radius 3 is 2.36 bits per heavy atom. The molecule has 0 unspecified atom stereocenters. The molecular weight excluding hydrogens is 276 g/mol. The number of nitrogens with zero attached hydrogens (tertiary/aromatic N) is 1. The molecule has 1 amide bonds. The van der Waals surface area contributed by atoms with Crippen LogP contribution in [0.3, 0.4) is 0 Å². The van der Waals surface area contributed by atoms with Crippen LogP contribution in [0.4, 0.5) is 5.69 Å². The number of amides is 1. The summed E-state index contributed by atoms with van der Waals surface area (Å²) in [5.41, 5.74) is 7.33. The Labute approximate surface area is 130 Å². The van der Waals surface area contributed by atoms with Gasteiger partial charge in [-0.3, -0.25) is 4.79 Å². The van der Waals surface area contributed by atoms with Crippen molar-refractivity contribution in [2.45, 2.75) is 45.2 Å². The van der Waals surface area contributed by atoms with Gasteiger partial charge < -0.3 is 15.1 Å². The Morgan fingerprint density at radius 1 is 1.09 bits per heavy atom. The summed E-state index contributed by atoms with van der Waals surface area (Å²) >= 11 is 0. The molecule has 0 radical (unpaired) electrons. The van der Waals surface area contributed by atoms with Gasteiger partial charge >= 0.3 is 0 Å². The fourth-order valence-electron chi connectivity index (χ4n) is 3.20. The molecule has 0 aliphatic carbocycles. The number of carbonyl (C=O) groups is 1. The van der Waals surface area contributed by atoms with Crippen LogP contribution in [0.25, 0.3) is 11.3 Å². The highest BCUT2D eigenvalue weighted by molar-refractivity contribution is 5.92. The molecule has 22 heavy (non-hydrogen) atoms. The predicted molar refractivity (Wildman–Crippen MR) is 87.5 cm³/mol. The van der Waals surface area contributed by atoms with E-state index >= 15 is 0 Å². The van der Waals surface area contributed by atoms with Gasteiger partial charge in [-0.2, -0.15) is 0 Å². The average Bonchev–Trinajstić information content (AvgIpc) is 2.97. The molecule has 4 heteroatoms. The molecule has 1 aromatic heterocycles. The minimum Gasteiger partial charge on any atom is -0.451 e. The highest BCUT2D eigenvalue weighted by Gasteiger charge is 2.31. The lowest BCUT2D eigenvalue weighted by atomic mass is 9.97. The number of hydrogen-bond acceptors (Lipinski definition) is 3. The highest BCUT2D eigenvalue weighted by Crippen LogP contribution is 2.28. The molecule has 2 aromatic rings. The number of nitrogen functional groups attached to an aromatic ring is 1. The molecule has 1 aromatic carbocycles. The first-order valence-electron chi connectivity index (χ1n) is 7.84. The average molecular weight is 298 g/mol. The Morgan fingerprint density at radius 2 is 1.73 bits per heavy atom. The fourth-order valence-corrected chi connectivity index (χ4v) is 3.20. The summed E-state index contributed by atoms with van der Waals surface area (Å²) in [7, 11) is 0. The molecule has 1 fully saturated rings. The van der Waals surface area contributed by atoms with E-state index in [4.69, 9.17) is 10.2 Å². The monoisotopic (exact) mass is 298 g/mol. The van der Waals surface area contributed by atoms with Crippen LogP contribution in [-0.4, -0.2) is 22.9 Å². The first-order valence-corrected chi connectivity index (χ1v) is 7.84. The Balaban J connectivity index is 1.83. The van der Waals surface area contributed by atoms with Gasteiger partial charge in [0.25, 0.3) is 5.91 Å². The van der Waals surface area contributed by atoms with Gasteiger partial charge in [0, 0.05) is 23.3 Å². The third kappa shape index (κ3) is 2.73. The van der Waals surface area contributed by atoms with Gasteiger partial charge in [-0.25, -0.2) is 0 Å². The van der Waals surface area contributed by atoms with Gasteiger partial charge in [-0.15, -0.1) is 0 Å². The zero-order valence-electron chi connectivity index (χ0n) is 13.1. The van der Waals surface area contributed by atoms with Crippen LogP contribution in [-0.2, 0) is 0 Å². The summed E-state index contributed by atoms with van der Waals surface area (Å²) in [5, 5.41) is 0. The lowest BCUT2D eigenvalue weighted by Gasteiger charge is -2.38. The van der Waals surface area contributed by atoms with Crippen LogP contribution in [0.1, 0.15) is 43.7 Å². The summed E-state index contributed by atoms with van der Waals surface area (Å²) in [6.45, 7) is 4.22. The molecule has 0 saturated carbocycles. The van der Waals surface area contributed by atoms with Crippen LogP contribution in [0, 0.1) is 0 Å². The van der Waals surface area contributed by atoms with Crippen molar-refractivity contribution in [3.05, 3.63) is 42.2 Å². The van der Waals surface area contributed by atoms with Gasteiger partial charge in [-0.1, -0.05) is 0 Å². The molecule has 2 N–H and O–H groups in total. The number of nitrogens with two attached hydrogens (primary N) is 1. The number of furan rings is 1. The van der Waals surface area contributed by atoms with Crippen molar-refractivity contribution in [2.24, 2.45) is 0 Å². The van der Waals surface area contributed by atoms with E-state index in [-0.39, 0.29) is 18.0 Å². The first kappa shape index (κ1) is 14.7. The number of carbonyl (C=O) groups excluding carboxylic acids is 1. The number of benzene rings is 1. The Hall–Kier alpha value is -2.23. The molecule has 0 spiro atoms. The summed E-state index contributed by atoms with van der Waals surface area (Å²) < 4.78 is 5.79. The van der Waals surface area contributed by atoms with Crippen molar-refractivity contribution in [3.8, 4) is 11.3 Å². The molecular formula is C18H22N2O2. The van der Waals surface area contributed by atoms with Gasteiger partial charge in [0.15, 0.2) is 5.76 Å². The summed E-state index contributed by atoms with van der Waals surface area (Å²) in [4.78, 5) is 14.7. The number of rotatable bonds is 2. The number of anilines is 1. The largest absolute Gasteiger partial charge is 0.451 e. The van der Waals surface area contributed by atoms with E-state index in [0.29, 0.717) is 17.2 Å². The molecule has 0 bridgehead atoms. The van der Waals surface area contributed by atoms with Crippen molar-refractivity contribution < 1.29 is 9.21 Å². The normalized spacial score (nSPS) is 21.8. The molecule has 4 nitrogen and oxygen atoms in total. The first-order chi connectivity index (χ1) is 10.6. The van der Waals surface area contributed by atoms with Crippen LogP contribution in [0.2, 0.25) is 0 Å². The Bertz CT molecular complexity index is 650. The maximum atomic E-state index is 12.7. The zero-order chi connectivity index (χ0) is 15.7. The molecule has 1 saturated heterocycles. The van der Waals surface area contributed by atoms with Gasteiger partial charge in [-0.05, 0) is 69.5 Å². The van der Waals surface area contributed by atoms with Gasteiger partial charge in [0.2, 0.25) is 0 Å². The van der Waals surface area contributed by atoms with Crippen molar-refractivity contribution in [2.75, 3.05) is 5.73 Å². The third-order valence-electron chi connectivity index (χ3n) is 4.44. The second kappa shape index (κ2) is 5.87. The van der Waals surface area contributed by atoms with E-state index in [1.165, 1.54) is 6.42 Å². The summed E-state index contributed by atoms with van der Waals surface area (Å²) in [6.07, 6.45) is 3.30. The van der Waals surface area contributed by atoms with E-state index in [1.54, 1.807) is 6.07 Å². The molecule has 2 atom stereocenters. The maximum absolute atomic E-state index is 12.7. The minimum atomic E-state index is -0.0126. The Kier molecular flexibility index (Phi) is 3.92. The van der Waals surface area contributed by atoms with Gasteiger partial charge in [0.05, 0.1) is 0 Å². The molecule has 1 aliphatic rings. The molecule has 1 aliphatic heterocycles. The van der Waals surface area contributed by atoms with Crippen LogP contribution < -0.4 is 5.73 Å². The van der Waals surface area contributed by atoms with Gasteiger partial charge in [0.1, 0.15) is 5.76 Å². The van der Waals surface area contributed by atoms with Crippen molar-refractivity contribution in [1.29, 1.82) is 0 Å². The van der Waals surface area contributed by atoms with E-state index < -0.39 is 0 Å². The minimum absolute atomic E-state index is 0.0126. The third-order valence-corrected chi connectivity index (χ3v) is 4.44. The van der Waals surface area contributed by atoms with Crippen molar-refractivity contribution >= 4 is 11.6 Å². The smallest absolute Gasteiger partial charge is 0.290 e. The maximum Gasteiger partial charge on any atom is 0.290 e. The van der Waals surface area contributed by atoms with Crippen LogP contribution >= 0.6 is 0 Å². The standard InChI is InChI=1S/C18H22N2O2/c1-12-4-3-5-13(2)20(12)18(21)17-11-10-16(22-17)14-6-8-15(19)9-7-14/h6-13H,3-5,19H2,1-2H3/t12-,13+.